The number of unbranched alkanes of at least 4 members (excludes halogenated alkanes) is 4. The summed E-state index contributed by atoms with van der Waals surface area (Å²) in [5.41, 5.74) is 4.38. The monoisotopic (exact) mass is 477 g/mol. The summed E-state index contributed by atoms with van der Waals surface area (Å²) in [5, 5.41) is 0. The molecule has 2 aromatic carbocycles. The molecule has 1 heterocycles. The first-order valence-corrected chi connectivity index (χ1v) is 12.5. The predicted molar refractivity (Wildman–Crippen MR) is 136 cm³/mol. The average molecular weight is 478 g/mol. The summed E-state index contributed by atoms with van der Waals surface area (Å²) in [6.45, 7) is 2.20. The first-order chi connectivity index (χ1) is 17.0. The van der Waals surface area contributed by atoms with Crippen molar-refractivity contribution in [2.24, 2.45) is 0 Å². The maximum absolute atomic E-state index is 13.6. The fourth-order valence-electron chi connectivity index (χ4n) is 5.78. The van der Waals surface area contributed by atoms with Crippen molar-refractivity contribution in [3.05, 3.63) is 64.7 Å². The molecule has 1 amide bonds. The summed E-state index contributed by atoms with van der Waals surface area (Å²) in [4.78, 5) is 27.9. The highest BCUT2D eigenvalue weighted by Crippen LogP contribution is 2.59. The molecule has 0 bridgehead atoms. The molecule has 1 aliphatic heterocycles. The number of nitrogens with zero attached hydrogens (tertiary/aromatic N) is 1. The molecule has 0 saturated carbocycles. The van der Waals surface area contributed by atoms with Gasteiger partial charge < -0.3 is 14.2 Å². The van der Waals surface area contributed by atoms with Crippen molar-refractivity contribution in [3.63, 3.8) is 0 Å². The van der Waals surface area contributed by atoms with E-state index in [-0.39, 0.29) is 12.4 Å². The minimum Gasteiger partial charge on any atom is -0.497 e. The molecule has 0 N–H and O–H groups in total. The molecule has 0 saturated heterocycles. The normalized spacial score (nSPS) is 19.8. The van der Waals surface area contributed by atoms with Crippen LogP contribution in [0.3, 0.4) is 0 Å². The number of ether oxygens (including phenoxy) is 3. The van der Waals surface area contributed by atoms with E-state index in [4.69, 9.17) is 14.2 Å². The summed E-state index contributed by atoms with van der Waals surface area (Å²) in [6, 6.07) is 13.6. The van der Waals surface area contributed by atoms with E-state index in [1.54, 1.807) is 12.0 Å². The Balaban J connectivity index is 1.93. The summed E-state index contributed by atoms with van der Waals surface area (Å²) in [5.74, 6) is 0.401. The van der Waals surface area contributed by atoms with Crippen LogP contribution in [-0.2, 0) is 19.8 Å². The van der Waals surface area contributed by atoms with Gasteiger partial charge in [0.05, 0.1) is 39.3 Å². The van der Waals surface area contributed by atoms with E-state index < -0.39 is 17.7 Å². The van der Waals surface area contributed by atoms with Crippen LogP contribution in [0, 0.1) is 0 Å². The lowest BCUT2D eigenvalue weighted by atomic mass is 9.71. The summed E-state index contributed by atoms with van der Waals surface area (Å²) in [6.07, 6.45) is 8.06. The highest BCUT2D eigenvalue weighted by atomic mass is 16.5. The van der Waals surface area contributed by atoms with Crippen LogP contribution in [0.25, 0.3) is 11.6 Å². The molecule has 0 fully saturated rings. The maximum atomic E-state index is 13.6. The number of hydrogen-bond donors (Lipinski definition) is 0. The van der Waals surface area contributed by atoms with Gasteiger partial charge in [0.2, 0.25) is 0 Å². The van der Waals surface area contributed by atoms with Crippen LogP contribution in [0.4, 0.5) is 4.79 Å². The molecule has 1 aliphatic carbocycles. The van der Waals surface area contributed by atoms with Gasteiger partial charge in [0, 0.05) is 0 Å². The Labute approximate surface area is 207 Å². The van der Waals surface area contributed by atoms with Crippen molar-refractivity contribution >= 4 is 23.7 Å². The molecule has 186 valence electrons. The zero-order valence-electron chi connectivity index (χ0n) is 21.1. The summed E-state index contributed by atoms with van der Waals surface area (Å²) < 4.78 is 15.9. The lowest BCUT2D eigenvalue weighted by Gasteiger charge is -2.51. The molecule has 35 heavy (non-hydrogen) atoms. The van der Waals surface area contributed by atoms with Gasteiger partial charge in [0.1, 0.15) is 5.75 Å². The largest absolute Gasteiger partial charge is 0.497 e. The number of methoxy groups -OCH3 is 3. The Morgan fingerprint density at radius 3 is 2.46 bits per heavy atom. The molecule has 0 radical (unpaired) electrons. The third kappa shape index (κ3) is 4.30. The SMILES string of the molecule is CCCCCCCC12C(=Cc3cc(OC)ccc31)c1ccccc1C(CC(=O)OC)N2C(=O)OC. The Bertz CT molecular complexity index is 1120. The second-order valence-electron chi connectivity index (χ2n) is 9.26. The van der Waals surface area contributed by atoms with Crippen LogP contribution in [0.2, 0.25) is 0 Å². The number of fused-ring (bicyclic) bond motifs is 5. The number of esters is 1. The van der Waals surface area contributed by atoms with Crippen molar-refractivity contribution in [2.75, 3.05) is 21.3 Å². The number of benzene rings is 2. The van der Waals surface area contributed by atoms with Gasteiger partial charge in [0.25, 0.3) is 0 Å². The minimum absolute atomic E-state index is 0.0545. The van der Waals surface area contributed by atoms with Crippen molar-refractivity contribution in [1.82, 2.24) is 4.90 Å². The summed E-state index contributed by atoms with van der Waals surface area (Å²) in [7, 11) is 4.44. The molecule has 2 unspecified atom stereocenters. The Morgan fingerprint density at radius 1 is 0.971 bits per heavy atom. The fraction of sp³-hybridized carbons (Fsp3) is 0.448. The standard InChI is InChI=1S/C29H35NO5/c1-5-6-7-8-11-16-29-24-15-14-21(33-2)17-20(24)18-25(29)22-12-9-10-13-23(22)26(19-27(31)34-3)30(29)28(32)35-4/h9-10,12-15,17-18,26H,5-8,11,16,19H2,1-4H3. The molecule has 0 aromatic heterocycles. The molecule has 2 aliphatic rings. The van der Waals surface area contributed by atoms with Crippen LogP contribution < -0.4 is 4.74 Å². The quantitative estimate of drug-likeness (QED) is 0.305. The minimum atomic E-state index is -0.742. The van der Waals surface area contributed by atoms with Crippen LogP contribution in [0.15, 0.2) is 42.5 Å². The number of rotatable bonds is 9. The van der Waals surface area contributed by atoms with E-state index in [0.717, 1.165) is 59.3 Å². The average Bonchev–Trinajstić information content (AvgIpc) is 3.22. The highest BCUT2D eigenvalue weighted by Gasteiger charge is 2.55. The van der Waals surface area contributed by atoms with Gasteiger partial charge in [-0.05, 0) is 52.5 Å². The van der Waals surface area contributed by atoms with Gasteiger partial charge in [-0.2, -0.15) is 0 Å². The van der Waals surface area contributed by atoms with Crippen molar-refractivity contribution in [2.45, 2.75) is 63.5 Å². The maximum Gasteiger partial charge on any atom is 0.411 e. The Kier molecular flexibility index (Phi) is 7.48. The van der Waals surface area contributed by atoms with E-state index >= 15 is 0 Å². The second kappa shape index (κ2) is 10.5. The number of amides is 1. The molecule has 6 heteroatoms. The lowest BCUT2D eigenvalue weighted by molar-refractivity contribution is -0.142. The molecule has 4 rings (SSSR count). The predicted octanol–water partition coefficient (Wildman–Crippen LogP) is 6.49. The molecule has 2 atom stereocenters. The molecular formula is C29H35NO5. The van der Waals surface area contributed by atoms with E-state index in [9.17, 15) is 9.59 Å². The Morgan fingerprint density at radius 2 is 1.74 bits per heavy atom. The molecule has 2 aromatic rings. The van der Waals surface area contributed by atoms with Crippen molar-refractivity contribution in [3.8, 4) is 5.75 Å². The van der Waals surface area contributed by atoms with Crippen LogP contribution >= 0.6 is 0 Å². The van der Waals surface area contributed by atoms with Gasteiger partial charge in [-0.25, -0.2) is 4.79 Å². The second-order valence-corrected chi connectivity index (χ2v) is 9.26. The van der Waals surface area contributed by atoms with E-state index in [2.05, 4.69) is 25.1 Å². The van der Waals surface area contributed by atoms with E-state index in [0.29, 0.717) is 0 Å². The van der Waals surface area contributed by atoms with Crippen LogP contribution in [0.5, 0.6) is 5.75 Å². The first-order valence-electron chi connectivity index (χ1n) is 12.5. The third-order valence-electron chi connectivity index (χ3n) is 7.38. The van der Waals surface area contributed by atoms with Gasteiger partial charge >= 0.3 is 12.1 Å². The zero-order chi connectivity index (χ0) is 25.0. The van der Waals surface area contributed by atoms with Gasteiger partial charge in [-0.1, -0.05) is 69.4 Å². The van der Waals surface area contributed by atoms with E-state index in [1.165, 1.54) is 27.1 Å². The first kappa shape index (κ1) is 24.8. The smallest absolute Gasteiger partial charge is 0.411 e. The third-order valence-corrected chi connectivity index (χ3v) is 7.38. The van der Waals surface area contributed by atoms with E-state index in [1.807, 2.05) is 30.3 Å². The Hall–Kier alpha value is -3.28. The van der Waals surface area contributed by atoms with Gasteiger partial charge in [-0.3, -0.25) is 9.69 Å². The molecule has 6 nitrogen and oxygen atoms in total. The molecule has 0 spiro atoms. The molecular weight excluding hydrogens is 442 g/mol. The van der Waals surface area contributed by atoms with Gasteiger partial charge in [-0.15, -0.1) is 0 Å². The lowest BCUT2D eigenvalue weighted by Crippen LogP contribution is -2.54. The van der Waals surface area contributed by atoms with Crippen molar-refractivity contribution in [1.29, 1.82) is 0 Å². The van der Waals surface area contributed by atoms with Crippen molar-refractivity contribution < 1.29 is 23.8 Å². The fourth-order valence-corrected chi connectivity index (χ4v) is 5.78. The number of carbonyl (C=O) groups is 2. The van der Waals surface area contributed by atoms with Crippen LogP contribution in [-0.4, -0.2) is 38.3 Å². The zero-order valence-corrected chi connectivity index (χ0v) is 21.1. The van der Waals surface area contributed by atoms with Gasteiger partial charge in [0.15, 0.2) is 0 Å². The summed E-state index contributed by atoms with van der Waals surface area (Å²) >= 11 is 0. The highest BCUT2D eigenvalue weighted by molar-refractivity contribution is 5.99. The number of hydrogen-bond acceptors (Lipinski definition) is 5. The van der Waals surface area contributed by atoms with Crippen LogP contribution in [0.1, 0.15) is 80.2 Å². The number of carbonyl (C=O) groups excluding carboxylic acids is 2. The topological polar surface area (TPSA) is 65.1 Å².